The molecule has 0 N–H and O–H groups in total. The Kier molecular flexibility index (Phi) is 3.77. The predicted octanol–water partition coefficient (Wildman–Crippen LogP) is 5.74. The van der Waals surface area contributed by atoms with Gasteiger partial charge in [-0.1, -0.05) is 19.9 Å². The highest BCUT2D eigenvalue weighted by atomic mass is 16.5. The molecule has 5 rings (SSSR count). The van der Waals surface area contributed by atoms with Crippen LogP contribution >= 0.6 is 0 Å². The van der Waals surface area contributed by atoms with Gasteiger partial charge in [0.1, 0.15) is 5.75 Å². The van der Waals surface area contributed by atoms with Crippen molar-refractivity contribution in [2.45, 2.75) is 83.3 Å². The molecule has 4 aliphatic carbocycles. The van der Waals surface area contributed by atoms with Gasteiger partial charge in [-0.25, -0.2) is 0 Å². The molecule has 2 nitrogen and oxygen atoms in total. The van der Waals surface area contributed by atoms with Gasteiger partial charge >= 0.3 is 0 Å². The zero-order valence-electron chi connectivity index (χ0n) is 16.9. The molecule has 142 valence electrons. The number of rotatable bonds is 4. The van der Waals surface area contributed by atoms with E-state index in [-0.39, 0.29) is 5.60 Å². The van der Waals surface area contributed by atoms with Gasteiger partial charge in [0.05, 0.1) is 18.8 Å². The van der Waals surface area contributed by atoms with Crippen LogP contribution in [0.5, 0.6) is 5.75 Å². The standard InChI is InChI=1S/C24H34O2/c1-5-15(2)26-24-14-17(24)13-22-21-8-6-16-12-18(25-4)7-9-19(16)20(21)10-11-23(22,24)3/h7,9,12,15,17,20-22H,5-6,8,10-11,13-14H2,1-4H3/t15?,17-,20+,21+,22-,23-,24-/m0/s1. The largest absolute Gasteiger partial charge is 0.497 e. The number of hydrogen-bond donors (Lipinski definition) is 0. The quantitative estimate of drug-likeness (QED) is 0.687. The molecule has 2 heteroatoms. The van der Waals surface area contributed by atoms with Gasteiger partial charge in [0.15, 0.2) is 0 Å². The Balaban J connectivity index is 1.44. The maximum atomic E-state index is 6.76. The van der Waals surface area contributed by atoms with Crippen LogP contribution in [0.2, 0.25) is 0 Å². The molecule has 26 heavy (non-hydrogen) atoms. The van der Waals surface area contributed by atoms with Crippen LogP contribution in [0.1, 0.15) is 76.3 Å². The average Bonchev–Trinajstić information content (AvgIpc) is 3.30. The van der Waals surface area contributed by atoms with E-state index in [0.29, 0.717) is 11.5 Å². The van der Waals surface area contributed by atoms with Crippen molar-refractivity contribution in [2.75, 3.05) is 7.11 Å². The Bertz CT molecular complexity index is 712. The van der Waals surface area contributed by atoms with E-state index in [2.05, 4.69) is 39.0 Å². The molecular formula is C24H34O2. The number of aryl methyl sites for hydroxylation is 1. The van der Waals surface area contributed by atoms with E-state index >= 15 is 0 Å². The molecule has 0 spiro atoms. The van der Waals surface area contributed by atoms with E-state index in [1.807, 2.05) is 0 Å². The molecule has 1 aromatic carbocycles. The third-order valence-corrected chi connectivity index (χ3v) is 8.86. The lowest BCUT2D eigenvalue weighted by molar-refractivity contribution is -0.125. The fourth-order valence-corrected chi connectivity index (χ4v) is 7.27. The van der Waals surface area contributed by atoms with Crippen LogP contribution in [0.3, 0.4) is 0 Å². The molecule has 3 fully saturated rings. The Hall–Kier alpha value is -1.02. The molecule has 0 amide bonds. The van der Waals surface area contributed by atoms with Crippen LogP contribution in [-0.2, 0) is 11.2 Å². The molecule has 0 aromatic heterocycles. The van der Waals surface area contributed by atoms with Crippen molar-refractivity contribution in [1.82, 2.24) is 0 Å². The second-order valence-corrected chi connectivity index (χ2v) is 9.80. The van der Waals surface area contributed by atoms with Gasteiger partial charge in [-0.05, 0) is 98.8 Å². The number of fused-ring (bicyclic) bond motifs is 7. The molecule has 0 radical (unpaired) electrons. The predicted molar refractivity (Wildman–Crippen MR) is 105 cm³/mol. The van der Waals surface area contributed by atoms with E-state index in [0.717, 1.165) is 35.8 Å². The summed E-state index contributed by atoms with van der Waals surface area (Å²) in [5.41, 5.74) is 3.80. The monoisotopic (exact) mass is 354 g/mol. The lowest BCUT2D eigenvalue weighted by Crippen LogP contribution is -2.48. The number of ether oxygens (including phenoxy) is 2. The van der Waals surface area contributed by atoms with Gasteiger partial charge in [0.2, 0.25) is 0 Å². The highest BCUT2D eigenvalue weighted by Crippen LogP contribution is 2.76. The summed E-state index contributed by atoms with van der Waals surface area (Å²) in [6.45, 7) is 7.13. The van der Waals surface area contributed by atoms with Crippen molar-refractivity contribution in [1.29, 1.82) is 0 Å². The maximum absolute atomic E-state index is 6.76. The highest BCUT2D eigenvalue weighted by molar-refractivity contribution is 5.41. The van der Waals surface area contributed by atoms with Crippen molar-refractivity contribution in [3.8, 4) is 5.75 Å². The second-order valence-electron chi connectivity index (χ2n) is 9.80. The third-order valence-electron chi connectivity index (χ3n) is 8.86. The number of methoxy groups -OCH3 is 1. The minimum Gasteiger partial charge on any atom is -0.497 e. The summed E-state index contributed by atoms with van der Waals surface area (Å²) in [6, 6.07) is 6.84. The summed E-state index contributed by atoms with van der Waals surface area (Å²) in [7, 11) is 1.78. The van der Waals surface area contributed by atoms with Crippen LogP contribution in [0.15, 0.2) is 18.2 Å². The van der Waals surface area contributed by atoms with Gasteiger partial charge in [-0.15, -0.1) is 0 Å². The van der Waals surface area contributed by atoms with Crippen LogP contribution in [0, 0.1) is 23.2 Å². The summed E-state index contributed by atoms with van der Waals surface area (Å²) in [5.74, 6) is 4.34. The summed E-state index contributed by atoms with van der Waals surface area (Å²) in [5, 5.41) is 0. The Labute approximate surface area is 158 Å². The second kappa shape index (κ2) is 5.74. The molecule has 4 aliphatic rings. The van der Waals surface area contributed by atoms with Gasteiger partial charge in [0, 0.05) is 5.41 Å². The Morgan fingerprint density at radius 1 is 1.27 bits per heavy atom. The molecule has 0 heterocycles. The summed E-state index contributed by atoms with van der Waals surface area (Å²) in [6.07, 6.45) is 9.56. The first kappa shape index (κ1) is 17.1. The Morgan fingerprint density at radius 2 is 2.12 bits per heavy atom. The normalized spacial score (nSPS) is 43.7. The molecule has 1 aromatic rings. The van der Waals surface area contributed by atoms with Crippen molar-refractivity contribution in [3.05, 3.63) is 29.3 Å². The first-order valence-electron chi connectivity index (χ1n) is 10.9. The van der Waals surface area contributed by atoms with Gasteiger partial charge < -0.3 is 9.47 Å². The first-order chi connectivity index (χ1) is 12.5. The smallest absolute Gasteiger partial charge is 0.119 e. The lowest BCUT2D eigenvalue weighted by Gasteiger charge is -2.53. The average molecular weight is 355 g/mol. The minimum atomic E-state index is 0.220. The van der Waals surface area contributed by atoms with E-state index in [4.69, 9.17) is 9.47 Å². The van der Waals surface area contributed by atoms with E-state index in [9.17, 15) is 0 Å². The van der Waals surface area contributed by atoms with Gasteiger partial charge in [-0.2, -0.15) is 0 Å². The summed E-state index contributed by atoms with van der Waals surface area (Å²) < 4.78 is 12.2. The van der Waals surface area contributed by atoms with E-state index in [1.165, 1.54) is 38.5 Å². The van der Waals surface area contributed by atoms with Crippen LogP contribution in [0.25, 0.3) is 0 Å². The molecule has 0 aliphatic heterocycles. The van der Waals surface area contributed by atoms with Crippen molar-refractivity contribution in [3.63, 3.8) is 0 Å². The molecule has 3 saturated carbocycles. The Morgan fingerprint density at radius 3 is 2.88 bits per heavy atom. The summed E-state index contributed by atoms with van der Waals surface area (Å²) >= 11 is 0. The first-order valence-corrected chi connectivity index (χ1v) is 10.9. The molecular weight excluding hydrogens is 320 g/mol. The van der Waals surface area contributed by atoms with Gasteiger partial charge in [0.25, 0.3) is 0 Å². The van der Waals surface area contributed by atoms with Gasteiger partial charge in [-0.3, -0.25) is 0 Å². The SMILES string of the molecule is CCC(C)O[C@@]12C[C@@H]1C[C@H]1[C@@H]3CCc4cc(OC)ccc4[C@H]3CC[C@@]12C. The lowest BCUT2D eigenvalue weighted by atomic mass is 9.54. The zero-order chi connectivity index (χ0) is 18.1. The fraction of sp³-hybridized carbons (Fsp3) is 0.750. The summed E-state index contributed by atoms with van der Waals surface area (Å²) in [4.78, 5) is 0. The third kappa shape index (κ3) is 2.14. The van der Waals surface area contributed by atoms with E-state index < -0.39 is 0 Å². The maximum Gasteiger partial charge on any atom is 0.119 e. The van der Waals surface area contributed by atoms with Crippen LogP contribution < -0.4 is 4.74 Å². The molecule has 7 atom stereocenters. The van der Waals surface area contributed by atoms with Crippen molar-refractivity contribution in [2.24, 2.45) is 23.2 Å². The fourth-order valence-electron chi connectivity index (χ4n) is 7.27. The van der Waals surface area contributed by atoms with Crippen LogP contribution in [-0.4, -0.2) is 18.8 Å². The molecule has 0 bridgehead atoms. The number of benzene rings is 1. The minimum absolute atomic E-state index is 0.220. The van der Waals surface area contributed by atoms with Crippen molar-refractivity contribution >= 4 is 0 Å². The van der Waals surface area contributed by atoms with E-state index in [1.54, 1.807) is 18.2 Å². The zero-order valence-corrected chi connectivity index (χ0v) is 16.9. The topological polar surface area (TPSA) is 18.5 Å². The molecule has 1 unspecified atom stereocenters. The molecule has 0 saturated heterocycles. The van der Waals surface area contributed by atoms with Crippen LogP contribution in [0.4, 0.5) is 0 Å². The highest BCUT2D eigenvalue weighted by Gasteiger charge is 2.75. The van der Waals surface area contributed by atoms with Crippen molar-refractivity contribution < 1.29 is 9.47 Å². The number of hydrogen-bond acceptors (Lipinski definition) is 2.